The number of para-hydroxylation sites is 2. The van der Waals surface area contributed by atoms with Crippen LogP contribution in [0.25, 0.3) is 115 Å². The van der Waals surface area contributed by atoms with Gasteiger partial charge in [-0.15, -0.1) is 11.3 Å². The minimum absolute atomic E-state index is 0.651. The first-order valence-corrected chi connectivity index (χ1v) is 19.8. The first-order chi connectivity index (χ1) is 28.2. The van der Waals surface area contributed by atoms with Gasteiger partial charge in [0.2, 0.25) is 0 Å². The molecule has 0 unspecified atom stereocenters. The Morgan fingerprint density at radius 3 is 1.61 bits per heavy atom. The van der Waals surface area contributed by atoms with Crippen LogP contribution >= 0.6 is 11.3 Å². The molecule has 12 rings (SSSR count). The number of thiophene rings is 1. The summed E-state index contributed by atoms with van der Waals surface area (Å²) in [5.74, 6) is 1.96. The fourth-order valence-electron chi connectivity index (χ4n) is 8.38. The number of rotatable bonds is 5. The van der Waals surface area contributed by atoms with Crippen molar-refractivity contribution in [2.75, 3.05) is 0 Å². The van der Waals surface area contributed by atoms with Crippen LogP contribution in [-0.2, 0) is 0 Å². The molecular weight excluding hydrogens is 717 g/mol. The van der Waals surface area contributed by atoms with Crippen LogP contribution in [0.4, 0.5) is 0 Å². The molecule has 0 aliphatic carbocycles. The van der Waals surface area contributed by atoms with Crippen LogP contribution in [0.3, 0.4) is 0 Å². The lowest BCUT2D eigenvalue weighted by molar-refractivity contribution is 0.669. The van der Waals surface area contributed by atoms with E-state index in [0.29, 0.717) is 17.5 Å². The minimum atomic E-state index is 0.651. The first kappa shape index (κ1) is 31.9. The summed E-state index contributed by atoms with van der Waals surface area (Å²) in [4.78, 5) is 14.9. The third-order valence-corrected chi connectivity index (χ3v) is 12.3. The smallest absolute Gasteiger partial charge is 0.164 e. The zero-order valence-electron chi connectivity index (χ0n) is 30.4. The number of fused-ring (bicyclic) bond motifs is 9. The maximum absolute atomic E-state index is 6.43. The topological polar surface area (TPSA) is 56.7 Å². The van der Waals surface area contributed by atoms with Gasteiger partial charge >= 0.3 is 0 Å². The van der Waals surface area contributed by atoms with E-state index in [9.17, 15) is 0 Å². The Morgan fingerprint density at radius 1 is 0.386 bits per heavy atom. The predicted molar refractivity (Wildman–Crippen MR) is 236 cm³/mol. The highest BCUT2D eigenvalue weighted by atomic mass is 32.1. The summed E-state index contributed by atoms with van der Waals surface area (Å²) in [6.07, 6.45) is 0. The van der Waals surface area contributed by atoms with E-state index in [4.69, 9.17) is 19.4 Å². The highest BCUT2D eigenvalue weighted by Gasteiger charge is 2.18. The average Bonchev–Trinajstić information content (AvgIpc) is 3.95. The Bertz CT molecular complexity index is 3420. The van der Waals surface area contributed by atoms with Gasteiger partial charge in [-0.1, -0.05) is 121 Å². The summed E-state index contributed by atoms with van der Waals surface area (Å²) >= 11 is 1.82. The second kappa shape index (κ2) is 12.6. The zero-order chi connectivity index (χ0) is 37.5. The molecular formula is C51H30N4OS. The van der Waals surface area contributed by atoms with Gasteiger partial charge in [0.15, 0.2) is 17.5 Å². The zero-order valence-corrected chi connectivity index (χ0v) is 31.2. The van der Waals surface area contributed by atoms with Crippen molar-refractivity contribution in [1.29, 1.82) is 0 Å². The third-order valence-electron chi connectivity index (χ3n) is 11.1. The molecule has 57 heavy (non-hydrogen) atoms. The molecule has 4 heterocycles. The fourth-order valence-corrected chi connectivity index (χ4v) is 9.59. The van der Waals surface area contributed by atoms with E-state index in [2.05, 4.69) is 126 Å². The molecule has 266 valence electrons. The summed E-state index contributed by atoms with van der Waals surface area (Å²) in [5, 5.41) is 7.09. The molecule has 8 aromatic carbocycles. The maximum atomic E-state index is 6.43. The van der Waals surface area contributed by atoms with Crippen molar-refractivity contribution in [1.82, 2.24) is 19.5 Å². The molecule has 0 aliphatic heterocycles. The minimum Gasteiger partial charge on any atom is -0.456 e. The third kappa shape index (κ3) is 5.12. The van der Waals surface area contributed by atoms with Crippen LogP contribution in [-0.4, -0.2) is 19.5 Å². The average molecular weight is 747 g/mol. The SMILES string of the molecule is c1ccc(-c2nc(-c3ccccc3)nc(-c3ccc4sc5c(-c6ccc7oc8ccc(-n9c%10ccccc%10c%10ccccc%109)cc8c7c6)cccc5c4c3)n2)cc1. The monoisotopic (exact) mass is 746 g/mol. The lowest BCUT2D eigenvalue weighted by Gasteiger charge is -2.08. The molecule has 0 saturated carbocycles. The molecule has 5 nitrogen and oxygen atoms in total. The van der Waals surface area contributed by atoms with E-state index in [1.807, 2.05) is 72.0 Å². The largest absolute Gasteiger partial charge is 0.456 e. The molecule has 0 amide bonds. The van der Waals surface area contributed by atoms with Crippen molar-refractivity contribution >= 4 is 75.3 Å². The molecule has 0 atom stereocenters. The number of hydrogen-bond acceptors (Lipinski definition) is 5. The normalized spacial score (nSPS) is 11.9. The molecule has 0 bridgehead atoms. The van der Waals surface area contributed by atoms with Gasteiger partial charge in [0.1, 0.15) is 11.2 Å². The van der Waals surface area contributed by atoms with Gasteiger partial charge < -0.3 is 8.98 Å². The molecule has 0 radical (unpaired) electrons. The Balaban J connectivity index is 0.987. The van der Waals surface area contributed by atoms with Crippen molar-refractivity contribution in [2.24, 2.45) is 0 Å². The van der Waals surface area contributed by atoms with Crippen LogP contribution in [0.2, 0.25) is 0 Å². The summed E-state index contributed by atoms with van der Waals surface area (Å²) < 4.78 is 11.3. The van der Waals surface area contributed by atoms with Crippen LogP contribution in [0.1, 0.15) is 0 Å². The second-order valence-corrected chi connectivity index (χ2v) is 15.4. The van der Waals surface area contributed by atoms with E-state index in [1.54, 1.807) is 0 Å². The molecule has 0 aliphatic rings. The standard InChI is InChI=1S/C51H30N4OS/c1-3-12-31(13-4-1)49-52-50(32-14-5-2-6-15-32)54-51(53-49)34-23-27-47-42(29-34)39-19-11-18-36(48(39)57-47)33-22-25-45-40(28-33)41-30-35(24-26-46(41)56-45)55-43-20-9-7-16-37(43)38-17-8-10-21-44(38)55/h1-30H. The second-order valence-electron chi connectivity index (χ2n) is 14.4. The number of nitrogens with zero attached hydrogens (tertiary/aromatic N) is 4. The molecule has 12 aromatic rings. The Morgan fingerprint density at radius 2 is 0.930 bits per heavy atom. The highest BCUT2D eigenvalue weighted by Crippen LogP contribution is 2.43. The van der Waals surface area contributed by atoms with Crippen molar-refractivity contribution in [3.05, 3.63) is 182 Å². The van der Waals surface area contributed by atoms with E-state index in [-0.39, 0.29) is 0 Å². The summed E-state index contributed by atoms with van der Waals surface area (Å²) in [5.41, 5.74) is 10.5. The lowest BCUT2D eigenvalue weighted by Crippen LogP contribution is -2.00. The number of hydrogen-bond donors (Lipinski definition) is 0. The van der Waals surface area contributed by atoms with Crippen LogP contribution in [0.15, 0.2) is 186 Å². The van der Waals surface area contributed by atoms with Gasteiger partial charge in [-0.2, -0.15) is 0 Å². The molecule has 6 heteroatoms. The molecule has 4 aromatic heterocycles. The molecule has 0 saturated heterocycles. The number of benzene rings is 8. The van der Waals surface area contributed by atoms with Crippen molar-refractivity contribution in [3.8, 4) is 51.0 Å². The predicted octanol–water partition coefficient (Wildman–Crippen LogP) is 13.9. The highest BCUT2D eigenvalue weighted by molar-refractivity contribution is 7.26. The number of aromatic nitrogens is 4. The van der Waals surface area contributed by atoms with Crippen LogP contribution in [0, 0.1) is 0 Å². The fraction of sp³-hybridized carbons (Fsp3) is 0. The Labute approximate surface area is 330 Å². The van der Waals surface area contributed by atoms with Crippen molar-refractivity contribution in [2.45, 2.75) is 0 Å². The molecule has 0 N–H and O–H groups in total. The van der Waals surface area contributed by atoms with Crippen molar-refractivity contribution < 1.29 is 4.42 Å². The molecule has 0 fully saturated rings. The lowest BCUT2D eigenvalue weighted by atomic mass is 10.00. The number of furan rings is 1. The maximum Gasteiger partial charge on any atom is 0.164 e. The van der Waals surface area contributed by atoms with Gasteiger partial charge in [0, 0.05) is 64.1 Å². The van der Waals surface area contributed by atoms with Crippen LogP contribution in [0.5, 0.6) is 0 Å². The van der Waals surface area contributed by atoms with E-state index >= 15 is 0 Å². The van der Waals surface area contributed by atoms with E-state index in [0.717, 1.165) is 49.9 Å². The quantitative estimate of drug-likeness (QED) is 0.176. The van der Waals surface area contributed by atoms with Gasteiger partial charge in [-0.3, -0.25) is 0 Å². The molecule has 0 spiro atoms. The Kier molecular flexibility index (Phi) is 7.03. The van der Waals surface area contributed by atoms with E-state index < -0.39 is 0 Å². The van der Waals surface area contributed by atoms with Gasteiger partial charge in [0.05, 0.1) is 11.0 Å². The van der Waals surface area contributed by atoms with Gasteiger partial charge in [-0.25, -0.2) is 15.0 Å². The first-order valence-electron chi connectivity index (χ1n) is 19.0. The Hall–Kier alpha value is -7.41. The van der Waals surface area contributed by atoms with Gasteiger partial charge in [-0.05, 0) is 71.8 Å². The summed E-state index contributed by atoms with van der Waals surface area (Å²) in [6, 6.07) is 63.8. The summed E-state index contributed by atoms with van der Waals surface area (Å²) in [7, 11) is 0. The van der Waals surface area contributed by atoms with E-state index in [1.165, 1.54) is 47.5 Å². The summed E-state index contributed by atoms with van der Waals surface area (Å²) in [6.45, 7) is 0. The van der Waals surface area contributed by atoms with Crippen LogP contribution < -0.4 is 0 Å². The van der Waals surface area contributed by atoms with Crippen molar-refractivity contribution in [3.63, 3.8) is 0 Å². The van der Waals surface area contributed by atoms with Gasteiger partial charge in [0.25, 0.3) is 0 Å².